The molecule has 1 N–H and O–H groups in total. The molecule has 2 fully saturated rings. The Balaban J connectivity index is 1.81. The third-order valence-electron chi connectivity index (χ3n) is 5.27. The Morgan fingerprint density at radius 1 is 1.14 bits per heavy atom. The molecule has 0 aromatic heterocycles. The molecule has 0 saturated carbocycles. The fourth-order valence-electron chi connectivity index (χ4n) is 3.83. The first kappa shape index (κ1) is 19.8. The highest BCUT2D eigenvalue weighted by atomic mass is 79.9. The zero-order chi connectivity index (χ0) is 20.5. The van der Waals surface area contributed by atoms with Crippen LogP contribution in [-0.2, 0) is 14.3 Å². The van der Waals surface area contributed by atoms with Gasteiger partial charge in [0.15, 0.2) is 0 Å². The van der Waals surface area contributed by atoms with Crippen LogP contribution in [0.3, 0.4) is 0 Å². The van der Waals surface area contributed by atoms with E-state index in [4.69, 9.17) is 4.74 Å². The molecule has 7 heteroatoms. The van der Waals surface area contributed by atoms with E-state index in [-0.39, 0.29) is 24.0 Å². The molecule has 4 rings (SSSR count). The van der Waals surface area contributed by atoms with E-state index in [2.05, 4.69) is 15.9 Å². The summed E-state index contributed by atoms with van der Waals surface area (Å²) in [6.07, 6.45) is 1.53. The number of aliphatic hydroxyl groups excluding tert-OH is 1. The van der Waals surface area contributed by atoms with Gasteiger partial charge in [0.05, 0.1) is 17.7 Å². The molecule has 0 aliphatic carbocycles. The third-order valence-corrected chi connectivity index (χ3v) is 5.80. The molecular weight excluding hydrogens is 441 g/mol. The van der Waals surface area contributed by atoms with E-state index in [9.17, 15) is 19.1 Å². The lowest BCUT2D eigenvalue weighted by Crippen LogP contribution is -2.36. The Morgan fingerprint density at radius 3 is 2.45 bits per heavy atom. The lowest BCUT2D eigenvalue weighted by atomic mass is 9.95. The summed E-state index contributed by atoms with van der Waals surface area (Å²) in [5.74, 6) is -2.11. The predicted molar refractivity (Wildman–Crippen MR) is 109 cm³/mol. The molecule has 29 heavy (non-hydrogen) atoms. The van der Waals surface area contributed by atoms with Crippen LogP contribution in [-0.4, -0.2) is 41.0 Å². The number of carbonyl (C=O) groups excluding carboxylic acids is 2. The van der Waals surface area contributed by atoms with Gasteiger partial charge in [0.1, 0.15) is 11.6 Å². The number of likely N-dealkylation sites (tertiary alicyclic amines) is 1. The SMILES string of the molecule is O=C1C(=O)N(C[C@H]2CCCO2)[C@@H](c2ccc(F)cc2)C1=C(O)c1ccc(Br)cc1. The Bertz CT molecular complexity index is 965. The molecule has 2 aromatic rings. The van der Waals surface area contributed by atoms with Gasteiger partial charge in [0.25, 0.3) is 11.7 Å². The highest BCUT2D eigenvalue weighted by Crippen LogP contribution is 2.40. The molecule has 0 spiro atoms. The zero-order valence-corrected chi connectivity index (χ0v) is 17.1. The molecule has 0 radical (unpaired) electrons. The van der Waals surface area contributed by atoms with Gasteiger partial charge < -0.3 is 14.7 Å². The first-order chi connectivity index (χ1) is 14.0. The maximum Gasteiger partial charge on any atom is 0.295 e. The number of ether oxygens (including phenoxy) is 1. The minimum Gasteiger partial charge on any atom is -0.507 e. The summed E-state index contributed by atoms with van der Waals surface area (Å²) in [6.45, 7) is 0.860. The number of aliphatic hydroxyl groups is 1. The number of ketones is 1. The number of halogens is 2. The zero-order valence-electron chi connectivity index (χ0n) is 15.5. The minimum absolute atomic E-state index is 0.00178. The van der Waals surface area contributed by atoms with Crippen LogP contribution in [0.4, 0.5) is 4.39 Å². The smallest absolute Gasteiger partial charge is 0.295 e. The number of carbonyl (C=O) groups is 2. The van der Waals surface area contributed by atoms with Crippen molar-refractivity contribution >= 4 is 33.4 Å². The number of nitrogens with zero attached hydrogens (tertiary/aromatic N) is 1. The van der Waals surface area contributed by atoms with Crippen molar-refractivity contribution in [1.82, 2.24) is 4.90 Å². The largest absolute Gasteiger partial charge is 0.507 e. The van der Waals surface area contributed by atoms with Crippen LogP contribution >= 0.6 is 15.9 Å². The Morgan fingerprint density at radius 2 is 1.83 bits per heavy atom. The van der Waals surface area contributed by atoms with Gasteiger partial charge in [-0.25, -0.2) is 4.39 Å². The third kappa shape index (κ3) is 3.84. The summed E-state index contributed by atoms with van der Waals surface area (Å²) in [5, 5.41) is 10.9. The van der Waals surface area contributed by atoms with Crippen molar-refractivity contribution in [2.75, 3.05) is 13.2 Å². The van der Waals surface area contributed by atoms with Crippen molar-refractivity contribution in [2.45, 2.75) is 25.0 Å². The molecule has 2 saturated heterocycles. The van der Waals surface area contributed by atoms with Crippen molar-refractivity contribution in [3.05, 3.63) is 75.5 Å². The topological polar surface area (TPSA) is 66.8 Å². The molecule has 150 valence electrons. The molecule has 2 aliphatic rings. The van der Waals surface area contributed by atoms with Crippen LogP contribution in [0, 0.1) is 5.82 Å². The van der Waals surface area contributed by atoms with Gasteiger partial charge in [0.2, 0.25) is 0 Å². The lowest BCUT2D eigenvalue weighted by molar-refractivity contribution is -0.140. The quantitative estimate of drug-likeness (QED) is 0.422. The van der Waals surface area contributed by atoms with Crippen LogP contribution in [0.25, 0.3) is 5.76 Å². The monoisotopic (exact) mass is 459 g/mol. The van der Waals surface area contributed by atoms with Crippen molar-refractivity contribution in [3.8, 4) is 0 Å². The lowest BCUT2D eigenvalue weighted by Gasteiger charge is -2.27. The number of hydrogen-bond acceptors (Lipinski definition) is 4. The summed E-state index contributed by atoms with van der Waals surface area (Å²) in [6, 6.07) is 11.6. The van der Waals surface area contributed by atoms with Gasteiger partial charge in [-0.15, -0.1) is 0 Å². The summed E-state index contributed by atoms with van der Waals surface area (Å²) in [5.41, 5.74) is 0.986. The molecule has 0 unspecified atom stereocenters. The van der Waals surface area contributed by atoms with Crippen LogP contribution in [0.15, 0.2) is 58.6 Å². The normalized spacial score (nSPS) is 23.7. The minimum atomic E-state index is -0.802. The van der Waals surface area contributed by atoms with E-state index in [1.165, 1.54) is 29.2 Å². The molecule has 0 bridgehead atoms. The molecule has 2 atom stereocenters. The van der Waals surface area contributed by atoms with Gasteiger partial charge in [-0.05, 0) is 42.7 Å². The predicted octanol–water partition coefficient (Wildman–Crippen LogP) is 4.19. The number of hydrogen-bond donors (Lipinski definition) is 1. The number of benzene rings is 2. The van der Waals surface area contributed by atoms with Crippen molar-refractivity contribution in [2.24, 2.45) is 0 Å². The van der Waals surface area contributed by atoms with E-state index in [1.807, 2.05) is 0 Å². The Hall–Kier alpha value is -2.51. The molecular formula is C22H19BrFNO4. The van der Waals surface area contributed by atoms with Crippen molar-refractivity contribution < 1.29 is 23.8 Å². The fraction of sp³-hybridized carbons (Fsp3) is 0.273. The molecule has 2 aromatic carbocycles. The standard InChI is InChI=1S/C22H19BrFNO4/c23-15-7-3-14(4-8-15)20(26)18-19(13-5-9-16(24)10-6-13)25(22(28)21(18)27)12-17-2-1-11-29-17/h3-10,17,19,26H,1-2,11-12H2/t17-,19+/m1/s1. The van der Waals surface area contributed by atoms with Crippen molar-refractivity contribution in [3.63, 3.8) is 0 Å². The van der Waals surface area contributed by atoms with E-state index in [0.717, 1.165) is 17.3 Å². The summed E-state index contributed by atoms with van der Waals surface area (Å²) < 4.78 is 19.9. The average molecular weight is 460 g/mol. The van der Waals surface area contributed by atoms with Crippen LogP contribution < -0.4 is 0 Å². The van der Waals surface area contributed by atoms with Gasteiger partial charge in [-0.1, -0.05) is 40.2 Å². The molecule has 2 heterocycles. The molecule has 5 nitrogen and oxygen atoms in total. The highest BCUT2D eigenvalue weighted by molar-refractivity contribution is 9.10. The summed E-state index contributed by atoms with van der Waals surface area (Å²) in [4.78, 5) is 27.2. The summed E-state index contributed by atoms with van der Waals surface area (Å²) in [7, 11) is 0. The summed E-state index contributed by atoms with van der Waals surface area (Å²) >= 11 is 3.34. The molecule has 1 amide bonds. The van der Waals surface area contributed by atoms with Gasteiger partial charge >= 0.3 is 0 Å². The second-order valence-electron chi connectivity index (χ2n) is 7.14. The Labute approximate surface area is 175 Å². The van der Waals surface area contributed by atoms with E-state index in [1.54, 1.807) is 24.3 Å². The average Bonchev–Trinajstić information content (AvgIpc) is 3.31. The fourth-order valence-corrected chi connectivity index (χ4v) is 4.10. The maximum atomic E-state index is 13.5. The number of rotatable bonds is 4. The van der Waals surface area contributed by atoms with E-state index >= 15 is 0 Å². The number of amides is 1. The maximum absolute atomic E-state index is 13.5. The number of Topliss-reactive ketones (excluding diaryl/α,β-unsaturated/α-hetero) is 1. The second-order valence-corrected chi connectivity index (χ2v) is 8.06. The van der Waals surface area contributed by atoms with Gasteiger partial charge in [-0.3, -0.25) is 9.59 Å². The van der Waals surface area contributed by atoms with E-state index < -0.39 is 23.5 Å². The van der Waals surface area contributed by atoms with Crippen molar-refractivity contribution in [1.29, 1.82) is 0 Å². The van der Waals surface area contributed by atoms with Crippen LogP contribution in [0.5, 0.6) is 0 Å². The van der Waals surface area contributed by atoms with E-state index in [0.29, 0.717) is 17.7 Å². The highest BCUT2D eigenvalue weighted by Gasteiger charge is 2.47. The van der Waals surface area contributed by atoms with Gasteiger partial charge in [-0.2, -0.15) is 0 Å². The van der Waals surface area contributed by atoms with Crippen LogP contribution in [0.2, 0.25) is 0 Å². The van der Waals surface area contributed by atoms with Gasteiger partial charge in [0, 0.05) is 23.2 Å². The first-order valence-corrected chi connectivity index (χ1v) is 10.2. The second kappa shape index (κ2) is 8.08. The molecule has 2 aliphatic heterocycles. The van der Waals surface area contributed by atoms with Crippen LogP contribution in [0.1, 0.15) is 30.0 Å². The Kier molecular flexibility index (Phi) is 5.52. The first-order valence-electron chi connectivity index (χ1n) is 9.37.